The number of nitrogens with zero attached hydrogens (tertiary/aromatic N) is 3. The lowest BCUT2D eigenvalue weighted by molar-refractivity contribution is -0.136. The average molecular weight is 396 g/mol. The molecule has 1 saturated heterocycles. The van der Waals surface area contributed by atoms with Gasteiger partial charge in [-0.3, -0.25) is 9.59 Å². The number of halogens is 2. The number of amides is 1. The molecule has 2 rings (SSSR count). The van der Waals surface area contributed by atoms with Crippen molar-refractivity contribution in [2.24, 2.45) is 0 Å². The van der Waals surface area contributed by atoms with Crippen molar-refractivity contribution in [1.82, 2.24) is 14.7 Å². The lowest BCUT2D eigenvalue weighted by atomic mass is 10.1. The molecule has 1 aromatic heterocycles. The van der Waals surface area contributed by atoms with Gasteiger partial charge in [0.1, 0.15) is 11.6 Å². The van der Waals surface area contributed by atoms with Gasteiger partial charge in [0.05, 0.1) is 22.7 Å². The van der Waals surface area contributed by atoms with Crippen LogP contribution in [0.1, 0.15) is 26.7 Å². The molecule has 1 amide bonds. The number of rotatable bonds is 5. The van der Waals surface area contributed by atoms with E-state index in [-0.39, 0.29) is 46.1 Å². The van der Waals surface area contributed by atoms with Crippen molar-refractivity contribution < 1.29 is 13.2 Å². The van der Waals surface area contributed by atoms with Crippen LogP contribution < -0.4 is 5.56 Å². The number of hydrogen-bond donors (Lipinski definition) is 0. The molecular formula is C14H19Cl2N3O4S. The van der Waals surface area contributed by atoms with Crippen molar-refractivity contribution in [2.75, 3.05) is 11.5 Å². The summed E-state index contributed by atoms with van der Waals surface area (Å²) in [7, 11) is -3.13. The van der Waals surface area contributed by atoms with Crippen molar-refractivity contribution >= 4 is 38.9 Å². The molecule has 10 heteroatoms. The van der Waals surface area contributed by atoms with Gasteiger partial charge in [0, 0.05) is 12.1 Å². The van der Waals surface area contributed by atoms with E-state index in [9.17, 15) is 18.0 Å². The van der Waals surface area contributed by atoms with Gasteiger partial charge in [0.15, 0.2) is 9.84 Å². The van der Waals surface area contributed by atoms with Crippen LogP contribution in [0.25, 0.3) is 0 Å². The minimum absolute atomic E-state index is 0.0195. The van der Waals surface area contributed by atoms with Crippen molar-refractivity contribution in [2.45, 2.75) is 45.3 Å². The van der Waals surface area contributed by atoms with E-state index in [1.54, 1.807) is 4.90 Å². The predicted molar refractivity (Wildman–Crippen MR) is 92.2 cm³/mol. The first kappa shape index (κ1) is 19.2. The summed E-state index contributed by atoms with van der Waals surface area (Å²) in [5.41, 5.74) is -0.652. The summed E-state index contributed by atoms with van der Waals surface area (Å²) in [6.07, 6.45) is 2.28. The first-order chi connectivity index (χ1) is 11.2. The fraction of sp³-hybridized carbons (Fsp3) is 0.643. The number of carbonyl (C=O) groups excluding carboxylic acids is 1. The van der Waals surface area contributed by atoms with Gasteiger partial charge >= 0.3 is 0 Å². The standard InChI is InChI=1S/C14H19Cl2N3O4S/c1-3-9(2)19(10-4-5-24(22,23)8-10)12(20)7-18-14(21)13(16)11(15)6-17-18/h6,9-10H,3-5,7-8H2,1-2H3/t9-,10-/m1/s1. The second-order valence-electron chi connectivity index (χ2n) is 5.88. The van der Waals surface area contributed by atoms with Crippen LogP contribution in [0.3, 0.4) is 0 Å². The number of carbonyl (C=O) groups is 1. The van der Waals surface area contributed by atoms with E-state index in [4.69, 9.17) is 23.2 Å². The Bertz CT molecular complexity index is 794. The first-order valence-corrected chi connectivity index (χ1v) is 10.2. The van der Waals surface area contributed by atoms with Gasteiger partial charge in [0.2, 0.25) is 5.91 Å². The molecule has 0 radical (unpaired) electrons. The predicted octanol–water partition coefficient (Wildman–Crippen LogP) is 1.36. The number of hydrogen-bond acceptors (Lipinski definition) is 5. The van der Waals surface area contributed by atoms with Gasteiger partial charge in [-0.05, 0) is 19.8 Å². The summed E-state index contributed by atoms with van der Waals surface area (Å²) in [5, 5.41) is 3.65. The highest BCUT2D eigenvalue weighted by molar-refractivity contribution is 7.91. The molecule has 7 nitrogen and oxygen atoms in total. The van der Waals surface area contributed by atoms with Crippen LogP contribution >= 0.6 is 23.2 Å². The second kappa shape index (κ2) is 7.41. The van der Waals surface area contributed by atoms with Crippen LogP contribution in [-0.2, 0) is 21.2 Å². The Morgan fingerprint density at radius 3 is 2.71 bits per heavy atom. The Labute approximate surface area is 150 Å². The van der Waals surface area contributed by atoms with E-state index < -0.39 is 15.4 Å². The maximum absolute atomic E-state index is 12.7. The monoisotopic (exact) mass is 395 g/mol. The maximum atomic E-state index is 12.7. The Morgan fingerprint density at radius 1 is 1.50 bits per heavy atom. The summed E-state index contributed by atoms with van der Waals surface area (Å²) in [6, 6.07) is -0.523. The molecule has 0 N–H and O–H groups in total. The van der Waals surface area contributed by atoms with Gasteiger partial charge in [-0.1, -0.05) is 30.1 Å². The van der Waals surface area contributed by atoms with E-state index in [2.05, 4.69) is 5.10 Å². The van der Waals surface area contributed by atoms with Crippen molar-refractivity contribution in [3.8, 4) is 0 Å². The van der Waals surface area contributed by atoms with Crippen LogP contribution in [0.2, 0.25) is 10.0 Å². The van der Waals surface area contributed by atoms with Gasteiger partial charge in [-0.25, -0.2) is 13.1 Å². The third-order valence-electron chi connectivity index (χ3n) is 4.18. The van der Waals surface area contributed by atoms with E-state index in [1.807, 2.05) is 13.8 Å². The molecule has 0 spiro atoms. The zero-order chi connectivity index (χ0) is 18.1. The molecule has 134 valence electrons. The molecule has 1 aliphatic heterocycles. The van der Waals surface area contributed by atoms with Crippen LogP contribution in [-0.4, -0.2) is 52.6 Å². The van der Waals surface area contributed by atoms with Crippen LogP contribution in [0.5, 0.6) is 0 Å². The van der Waals surface area contributed by atoms with Gasteiger partial charge in [-0.2, -0.15) is 5.10 Å². The smallest absolute Gasteiger partial charge is 0.287 e. The molecule has 0 unspecified atom stereocenters. The molecular weight excluding hydrogens is 377 g/mol. The van der Waals surface area contributed by atoms with E-state index in [0.717, 1.165) is 4.68 Å². The Hall–Kier alpha value is -1.12. The summed E-state index contributed by atoms with van der Waals surface area (Å²) >= 11 is 11.5. The maximum Gasteiger partial charge on any atom is 0.287 e. The van der Waals surface area contributed by atoms with Crippen molar-refractivity contribution in [3.05, 3.63) is 26.6 Å². The fourth-order valence-corrected chi connectivity index (χ4v) is 4.75. The van der Waals surface area contributed by atoms with Gasteiger partial charge < -0.3 is 4.90 Å². The summed E-state index contributed by atoms with van der Waals surface area (Å²) in [6.45, 7) is 3.46. The topological polar surface area (TPSA) is 89.3 Å². The first-order valence-electron chi connectivity index (χ1n) is 7.59. The van der Waals surface area contributed by atoms with E-state index in [0.29, 0.717) is 12.8 Å². The highest BCUT2D eigenvalue weighted by atomic mass is 35.5. The molecule has 2 heterocycles. The van der Waals surface area contributed by atoms with E-state index in [1.165, 1.54) is 6.20 Å². The zero-order valence-corrected chi connectivity index (χ0v) is 15.7. The highest BCUT2D eigenvalue weighted by Crippen LogP contribution is 2.22. The zero-order valence-electron chi connectivity index (χ0n) is 13.4. The van der Waals surface area contributed by atoms with E-state index >= 15 is 0 Å². The number of aromatic nitrogens is 2. The Kier molecular flexibility index (Phi) is 5.93. The SMILES string of the molecule is CC[C@@H](C)N(C(=O)Cn1ncc(Cl)c(Cl)c1=O)[C@@H]1CCS(=O)(=O)C1. The minimum atomic E-state index is -3.13. The average Bonchev–Trinajstić information content (AvgIpc) is 2.87. The Balaban J connectivity index is 2.26. The second-order valence-corrected chi connectivity index (χ2v) is 8.90. The summed E-state index contributed by atoms with van der Waals surface area (Å²) in [4.78, 5) is 26.3. The van der Waals surface area contributed by atoms with Crippen LogP contribution in [0.4, 0.5) is 0 Å². The van der Waals surface area contributed by atoms with Crippen molar-refractivity contribution in [3.63, 3.8) is 0 Å². The van der Waals surface area contributed by atoms with Crippen LogP contribution in [0, 0.1) is 0 Å². The largest absolute Gasteiger partial charge is 0.334 e. The van der Waals surface area contributed by atoms with Crippen LogP contribution in [0.15, 0.2) is 11.0 Å². The minimum Gasteiger partial charge on any atom is -0.334 e. The molecule has 0 aliphatic carbocycles. The van der Waals surface area contributed by atoms with Gasteiger partial charge in [0.25, 0.3) is 5.56 Å². The molecule has 24 heavy (non-hydrogen) atoms. The normalized spacial score (nSPS) is 20.8. The molecule has 1 aromatic rings. The molecule has 2 atom stereocenters. The molecule has 0 saturated carbocycles. The Morgan fingerprint density at radius 2 is 2.17 bits per heavy atom. The molecule has 0 bridgehead atoms. The summed E-state index contributed by atoms with van der Waals surface area (Å²) in [5.74, 6) is -0.338. The molecule has 1 aliphatic rings. The third kappa shape index (κ3) is 4.10. The molecule has 0 aromatic carbocycles. The third-order valence-corrected chi connectivity index (χ3v) is 6.68. The number of sulfone groups is 1. The lowest BCUT2D eigenvalue weighted by Crippen LogP contribution is -2.48. The quantitative estimate of drug-likeness (QED) is 0.750. The lowest BCUT2D eigenvalue weighted by Gasteiger charge is -2.33. The fourth-order valence-electron chi connectivity index (χ4n) is 2.77. The van der Waals surface area contributed by atoms with Crippen molar-refractivity contribution in [1.29, 1.82) is 0 Å². The van der Waals surface area contributed by atoms with Gasteiger partial charge in [-0.15, -0.1) is 0 Å². The highest BCUT2D eigenvalue weighted by Gasteiger charge is 2.36. The summed E-state index contributed by atoms with van der Waals surface area (Å²) < 4.78 is 24.4. The molecule has 1 fully saturated rings.